The number of carbonyl (C=O) groups is 1. The number of carbonyl (C=O) groups excluding carboxylic acids is 1. The van der Waals surface area contributed by atoms with Crippen LogP contribution in [-0.4, -0.2) is 33.5 Å². The van der Waals surface area contributed by atoms with Gasteiger partial charge in [-0.1, -0.05) is 30.0 Å². The average Bonchev–Trinajstić information content (AvgIpc) is 3.14. The van der Waals surface area contributed by atoms with Crippen LogP contribution in [-0.2, 0) is 11.3 Å². The number of hydrazine groups is 1. The van der Waals surface area contributed by atoms with Crippen molar-refractivity contribution in [1.29, 1.82) is 0 Å². The largest absolute Gasteiger partial charge is 0.497 e. The Balaban J connectivity index is 1.81. The molecule has 140 valence electrons. The molecule has 0 aliphatic heterocycles. The number of benzene rings is 2. The van der Waals surface area contributed by atoms with Gasteiger partial charge in [-0.2, -0.15) is 0 Å². The van der Waals surface area contributed by atoms with E-state index in [4.69, 9.17) is 10.6 Å². The molecule has 3 rings (SSSR count). The van der Waals surface area contributed by atoms with E-state index in [1.54, 1.807) is 7.11 Å². The van der Waals surface area contributed by atoms with Gasteiger partial charge in [0, 0.05) is 11.4 Å². The second-order valence-electron chi connectivity index (χ2n) is 5.51. The van der Waals surface area contributed by atoms with Crippen LogP contribution in [0.3, 0.4) is 0 Å². The van der Waals surface area contributed by atoms with Crippen molar-refractivity contribution >= 4 is 23.4 Å². The van der Waals surface area contributed by atoms with Crippen LogP contribution in [0.5, 0.6) is 5.75 Å². The fraction of sp³-hybridized carbons (Fsp3) is 0.167. The zero-order valence-corrected chi connectivity index (χ0v) is 15.6. The van der Waals surface area contributed by atoms with E-state index in [2.05, 4.69) is 20.9 Å². The van der Waals surface area contributed by atoms with E-state index in [9.17, 15) is 4.79 Å². The molecule has 0 bridgehead atoms. The molecule has 0 saturated carbocycles. The van der Waals surface area contributed by atoms with Crippen LogP contribution >= 0.6 is 11.8 Å². The van der Waals surface area contributed by atoms with E-state index in [-0.39, 0.29) is 11.7 Å². The predicted molar refractivity (Wildman–Crippen MR) is 105 cm³/mol. The van der Waals surface area contributed by atoms with Crippen LogP contribution in [0.1, 0.15) is 5.82 Å². The van der Waals surface area contributed by atoms with Gasteiger partial charge in [-0.25, -0.2) is 5.84 Å². The smallest absolute Gasteiger partial charge is 0.244 e. The lowest BCUT2D eigenvalue weighted by Gasteiger charge is -2.11. The van der Waals surface area contributed by atoms with Gasteiger partial charge in [0.1, 0.15) is 5.75 Å². The molecule has 0 atom stereocenters. The lowest BCUT2D eigenvalue weighted by atomic mass is 10.3. The first-order valence-electron chi connectivity index (χ1n) is 8.21. The molecule has 0 fully saturated rings. The molecule has 2 aromatic carbocycles. The van der Waals surface area contributed by atoms with E-state index >= 15 is 0 Å². The Hall–Kier alpha value is -3.04. The fourth-order valence-corrected chi connectivity index (χ4v) is 3.19. The van der Waals surface area contributed by atoms with Gasteiger partial charge in [-0.3, -0.25) is 14.8 Å². The summed E-state index contributed by atoms with van der Waals surface area (Å²) in [5.74, 6) is 6.56. The van der Waals surface area contributed by atoms with E-state index in [1.807, 2.05) is 59.2 Å². The molecule has 0 radical (unpaired) electrons. The maximum Gasteiger partial charge on any atom is 0.244 e. The number of nitrogens with two attached hydrogens (primary N) is 1. The summed E-state index contributed by atoms with van der Waals surface area (Å²) in [6.07, 6.45) is 0. The van der Waals surface area contributed by atoms with Crippen molar-refractivity contribution in [1.82, 2.24) is 20.2 Å². The van der Waals surface area contributed by atoms with E-state index in [1.165, 1.54) is 11.8 Å². The highest BCUT2D eigenvalue weighted by atomic mass is 32.2. The summed E-state index contributed by atoms with van der Waals surface area (Å²) in [6, 6.07) is 17.4. The van der Waals surface area contributed by atoms with Crippen molar-refractivity contribution in [3.8, 4) is 11.4 Å². The number of ether oxygens (including phenoxy) is 1. The number of thioether (sulfide) groups is 1. The summed E-state index contributed by atoms with van der Waals surface area (Å²) >= 11 is 1.28. The maximum absolute atomic E-state index is 11.5. The molecule has 3 aromatic rings. The standard InChI is InChI=1S/C18H20N6O2S/c1-26-15-9-7-13(8-10-15)20-11-16-22-23-18(27-12-17(25)21-19)24(16)14-5-3-2-4-6-14/h2-10,20H,11-12,19H2,1H3,(H,21,25). The van der Waals surface area contributed by atoms with Crippen molar-refractivity contribution in [3.63, 3.8) is 0 Å². The molecule has 0 saturated heterocycles. The number of amides is 1. The Morgan fingerprint density at radius 2 is 1.89 bits per heavy atom. The number of rotatable bonds is 8. The quantitative estimate of drug-likeness (QED) is 0.236. The third kappa shape index (κ3) is 4.78. The molecule has 8 nitrogen and oxygen atoms in total. The number of nitrogens with zero attached hydrogens (tertiary/aromatic N) is 3. The average molecular weight is 384 g/mol. The molecule has 0 spiro atoms. The molecule has 1 heterocycles. The third-order valence-corrected chi connectivity index (χ3v) is 4.68. The SMILES string of the molecule is COc1ccc(NCc2nnc(SCC(=O)NN)n2-c2ccccc2)cc1. The summed E-state index contributed by atoms with van der Waals surface area (Å²) < 4.78 is 7.09. The van der Waals surface area contributed by atoms with Crippen LogP contribution < -0.4 is 21.3 Å². The third-order valence-electron chi connectivity index (χ3n) is 3.75. The summed E-state index contributed by atoms with van der Waals surface area (Å²) in [4.78, 5) is 11.5. The van der Waals surface area contributed by atoms with E-state index < -0.39 is 0 Å². The van der Waals surface area contributed by atoms with Crippen molar-refractivity contribution in [2.45, 2.75) is 11.7 Å². The minimum atomic E-state index is -0.277. The number of aromatic nitrogens is 3. The summed E-state index contributed by atoms with van der Waals surface area (Å²) in [5.41, 5.74) is 3.98. The van der Waals surface area contributed by atoms with Gasteiger partial charge in [-0.15, -0.1) is 10.2 Å². The van der Waals surface area contributed by atoms with Crippen LogP contribution in [0.4, 0.5) is 5.69 Å². The molecule has 9 heteroatoms. The summed E-state index contributed by atoms with van der Waals surface area (Å²) in [6.45, 7) is 0.470. The Bertz CT molecular complexity index is 883. The first-order chi connectivity index (χ1) is 13.2. The Labute approximate surface area is 161 Å². The van der Waals surface area contributed by atoms with Gasteiger partial charge in [-0.05, 0) is 36.4 Å². The second-order valence-corrected chi connectivity index (χ2v) is 6.45. The van der Waals surface area contributed by atoms with Crippen LogP contribution in [0.15, 0.2) is 59.8 Å². The zero-order valence-electron chi connectivity index (χ0n) is 14.8. The van der Waals surface area contributed by atoms with E-state index in [0.29, 0.717) is 11.7 Å². The summed E-state index contributed by atoms with van der Waals surface area (Å²) in [7, 11) is 1.63. The Kier molecular flexibility index (Phi) is 6.29. The van der Waals surface area contributed by atoms with Gasteiger partial charge < -0.3 is 10.1 Å². The van der Waals surface area contributed by atoms with Gasteiger partial charge in [0.15, 0.2) is 11.0 Å². The first-order valence-corrected chi connectivity index (χ1v) is 9.19. The Morgan fingerprint density at radius 3 is 2.56 bits per heavy atom. The fourth-order valence-electron chi connectivity index (χ4n) is 2.41. The van der Waals surface area contributed by atoms with Crippen molar-refractivity contribution in [2.75, 3.05) is 18.2 Å². The lowest BCUT2D eigenvalue weighted by Crippen LogP contribution is -2.31. The molecule has 27 heavy (non-hydrogen) atoms. The maximum atomic E-state index is 11.5. The normalized spacial score (nSPS) is 10.4. The lowest BCUT2D eigenvalue weighted by molar-refractivity contribution is -0.118. The molecular formula is C18H20N6O2S. The Morgan fingerprint density at radius 1 is 1.15 bits per heavy atom. The second kappa shape index (κ2) is 9.06. The van der Waals surface area contributed by atoms with Gasteiger partial charge in [0.05, 0.1) is 19.4 Å². The highest BCUT2D eigenvalue weighted by molar-refractivity contribution is 7.99. The van der Waals surface area contributed by atoms with Crippen molar-refractivity contribution in [2.24, 2.45) is 5.84 Å². The molecule has 1 amide bonds. The van der Waals surface area contributed by atoms with Crippen LogP contribution in [0.2, 0.25) is 0 Å². The minimum absolute atomic E-state index is 0.160. The number of nitrogens with one attached hydrogen (secondary N) is 2. The monoisotopic (exact) mass is 384 g/mol. The molecule has 0 aliphatic rings. The summed E-state index contributed by atoms with van der Waals surface area (Å²) in [5, 5.41) is 12.5. The molecule has 1 aromatic heterocycles. The molecular weight excluding hydrogens is 364 g/mol. The molecule has 0 aliphatic carbocycles. The van der Waals surface area contributed by atoms with E-state index in [0.717, 1.165) is 22.9 Å². The zero-order chi connectivity index (χ0) is 19.1. The molecule has 0 unspecified atom stereocenters. The minimum Gasteiger partial charge on any atom is -0.497 e. The number of hydrogen-bond acceptors (Lipinski definition) is 7. The van der Waals surface area contributed by atoms with Gasteiger partial charge in [0.25, 0.3) is 0 Å². The topological polar surface area (TPSA) is 107 Å². The van der Waals surface area contributed by atoms with Crippen molar-refractivity contribution in [3.05, 3.63) is 60.4 Å². The van der Waals surface area contributed by atoms with Crippen molar-refractivity contribution < 1.29 is 9.53 Å². The van der Waals surface area contributed by atoms with Gasteiger partial charge >= 0.3 is 0 Å². The van der Waals surface area contributed by atoms with Crippen LogP contribution in [0.25, 0.3) is 5.69 Å². The number of para-hydroxylation sites is 1. The highest BCUT2D eigenvalue weighted by Gasteiger charge is 2.15. The number of anilines is 1. The number of methoxy groups -OCH3 is 1. The molecule has 4 N–H and O–H groups in total. The van der Waals surface area contributed by atoms with Gasteiger partial charge in [0.2, 0.25) is 5.91 Å². The van der Waals surface area contributed by atoms with Crippen LogP contribution in [0, 0.1) is 0 Å². The highest BCUT2D eigenvalue weighted by Crippen LogP contribution is 2.23. The number of hydrogen-bond donors (Lipinski definition) is 3. The predicted octanol–water partition coefficient (Wildman–Crippen LogP) is 1.97. The first kappa shape index (κ1) is 18.7.